The van der Waals surface area contributed by atoms with Crippen LogP contribution >= 0.6 is 0 Å². The Labute approximate surface area is 132 Å². The lowest BCUT2D eigenvalue weighted by Crippen LogP contribution is -2.47. The predicted octanol–water partition coefficient (Wildman–Crippen LogP) is 1.56. The zero-order valence-electron chi connectivity index (χ0n) is 14.6. The van der Waals surface area contributed by atoms with E-state index in [2.05, 4.69) is 5.32 Å². The predicted molar refractivity (Wildman–Crippen MR) is 82.3 cm³/mol. The van der Waals surface area contributed by atoms with Crippen molar-refractivity contribution >= 4 is 18.0 Å². The molecule has 22 heavy (non-hydrogen) atoms. The van der Waals surface area contributed by atoms with Gasteiger partial charge in [-0.2, -0.15) is 0 Å². The van der Waals surface area contributed by atoms with Crippen LogP contribution in [0.2, 0.25) is 0 Å². The standard InChI is InChI=1S/C15H28N2O5/c1-10(2)12(13(19)21-7)17(6)11(18)8-9-16-14(20)22-15(3,4)5/h10,12H,8-9H2,1-7H3,(H,16,20)/t12-/m0/s1. The van der Waals surface area contributed by atoms with Gasteiger partial charge in [-0.05, 0) is 26.7 Å². The highest BCUT2D eigenvalue weighted by Crippen LogP contribution is 2.12. The second-order valence-electron chi connectivity index (χ2n) is 6.40. The highest BCUT2D eigenvalue weighted by molar-refractivity contribution is 5.84. The van der Waals surface area contributed by atoms with Crippen molar-refractivity contribution < 1.29 is 23.9 Å². The number of nitrogens with zero attached hydrogens (tertiary/aromatic N) is 1. The van der Waals surface area contributed by atoms with Crippen molar-refractivity contribution in [3.05, 3.63) is 0 Å². The topological polar surface area (TPSA) is 84.9 Å². The fourth-order valence-electron chi connectivity index (χ4n) is 1.92. The number of hydrogen-bond donors (Lipinski definition) is 1. The van der Waals surface area contributed by atoms with Gasteiger partial charge in [0.2, 0.25) is 5.91 Å². The maximum absolute atomic E-state index is 12.1. The maximum Gasteiger partial charge on any atom is 0.407 e. The first-order valence-electron chi connectivity index (χ1n) is 7.30. The fraction of sp³-hybridized carbons (Fsp3) is 0.800. The third-order valence-electron chi connectivity index (χ3n) is 2.89. The lowest BCUT2D eigenvalue weighted by Gasteiger charge is -2.29. The van der Waals surface area contributed by atoms with E-state index in [-0.39, 0.29) is 24.8 Å². The molecule has 0 bridgehead atoms. The van der Waals surface area contributed by atoms with Crippen LogP contribution in [0.4, 0.5) is 4.79 Å². The molecule has 0 aromatic heterocycles. The molecular weight excluding hydrogens is 288 g/mol. The van der Waals surface area contributed by atoms with Gasteiger partial charge in [0.05, 0.1) is 7.11 Å². The van der Waals surface area contributed by atoms with Crippen LogP contribution in [0.3, 0.4) is 0 Å². The molecule has 2 amide bonds. The number of amides is 2. The zero-order chi connectivity index (χ0) is 17.5. The summed E-state index contributed by atoms with van der Waals surface area (Å²) in [6.45, 7) is 9.10. The quantitative estimate of drug-likeness (QED) is 0.752. The van der Waals surface area contributed by atoms with Crippen molar-refractivity contribution in [3.8, 4) is 0 Å². The third kappa shape index (κ3) is 7.28. The molecular formula is C15H28N2O5. The first-order chi connectivity index (χ1) is 9.99. The second-order valence-corrected chi connectivity index (χ2v) is 6.40. The lowest BCUT2D eigenvalue weighted by molar-refractivity contribution is -0.153. The summed E-state index contributed by atoms with van der Waals surface area (Å²) in [5, 5.41) is 2.51. The zero-order valence-corrected chi connectivity index (χ0v) is 14.6. The molecule has 0 aliphatic rings. The molecule has 1 atom stereocenters. The fourth-order valence-corrected chi connectivity index (χ4v) is 1.92. The Morgan fingerprint density at radius 2 is 1.73 bits per heavy atom. The van der Waals surface area contributed by atoms with E-state index in [1.165, 1.54) is 12.0 Å². The molecule has 0 aliphatic heterocycles. The normalized spacial score (nSPS) is 12.5. The van der Waals surface area contributed by atoms with Crippen LogP contribution < -0.4 is 5.32 Å². The molecule has 128 valence electrons. The Hall–Kier alpha value is -1.79. The summed E-state index contributed by atoms with van der Waals surface area (Å²) in [6.07, 6.45) is -0.494. The Bertz CT molecular complexity index is 401. The van der Waals surface area contributed by atoms with Gasteiger partial charge >= 0.3 is 12.1 Å². The van der Waals surface area contributed by atoms with Gasteiger partial charge in [-0.3, -0.25) is 4.79 Å². The minimum atomic E-state index is -0.640. The second kappa shape index (κ2) is 8.60. The molecule has 1 N–H and O–H groups in total. The average molecular weight is 316 g/mol. The van der Waals surface area contributed by atoms with Crippen LogP contribution in [0.1, 0.15) is 41.0 Å². The Morgan fingerprint density at radius 3 is 2.14 bits per heavy atom. The first kappa shape index (κ1) is 20.2. The number of methoxy groups -OCH3 is 1. The monoisotopic (exact) mass is 316 g/mol. The van der Waals surface area contributed by atoms with Gasteiger partial charge in [-0.15, -0.1) is 0 Å². The van der Waals surface area contributed by atoms with Gasteiger partial charge in [0, 0.05) is 20.0 Å². The van der Waals surface area contributed by atoms with Crippen molar-refractivity contribution in [2.75, 3.05) is 20.7 Å². The van der Waals surface area contributed by atoms with E-state index >= 15 is 0 Å². The molecule has 7 nitrogen and oxygen atoms in total. The third-order valence-corrected chi connectivity index (χ3v) is 2.89. The maximum atomic E-state index is 12.1. The van der Waals surface area contributed by atoms with Crippen molar-refractivity contribution in [1.82, 2.24) is 10.2 Å². The summed E-state index contributed by atoms with van der Waals surface area (Å²) >= 11 is 0. The van der Waals surface area contributed by atoms with E-state index in [1.807, 2.05) is 13.8 Å². The lowest BCUT2D eigenvalue weighted by atomic mass is 10.0. The van der Waals surface area contributed by atoms with E-state index in [0.29, 0.717) is 0 Å². The summed E-state index contributed by atoms with van der Waals surface area (Å²) in [5.41, 5.74) is -0.585. The minimum Gasteiger partial charge on any atom is -0.467 e. The van der Waals surface area contributed by atoms with Gasteiger partial charge in [0.15, 0.2) is 0 Å². The number of alkyl carbamates (subject to hydrolysis) is 1. The highest BCUT2D eigenvalue weighted by atomic mass is 16.6. The molecule has 0 unspecified atom stereocenters. The molecule has 0 aromatic carbocycles. The van der Waals surface area contributed by atoms with E-state index in [9.17, 15) is 14.4 Å². The Balaban J connectivity index is 4.41. The summed E-state index contributed by atoms with van der Waals surface area (Å²) in [5.74, 6) is -0.772. The number of carbonyl (C=O) groups excluding carboxylic acids is 3. The molecule has 0 aromatic rings. The van der Waals surface area contributed by atoms with Crippen molar-refractivity contribution in [2.45, 2.75) is 52.7 Å². The molecule has 0 radical (unpaired) electrons. The molecule has 0 heterocycles. The van der Waals surface area contributed by atoms with Crippen LogP contribution in [0.25, 0.3) is 0 Å². The summed E-state index contributed by atoms with van der Waals surface area (Å²) in [6, 6.07) is -0.640. The number of rotatable bonds is 6. The smallest absolute Gasteiger partial charge is 0.407 e. The number of hydrogen-bond acceptors (Lipinski definition) is 5. The van der Waals surface area contributed by atoms with Gasteiger partial charge in [-0.25, -0.2) is 9.59 Å². The van der Waals surface area contributed by atoms with Crippen LogP contribution in [-0.2, 0) is 19.1 Å². The van der Waals surface area contributed by atoms with Crippen molar-refractivity contribution in [3.63, 3.8) is 0 Å². The molecule has 0 saturated heterocycles. The highest BCUT2D eigenvalue weighted by Gasteiger charge is 2.30. The summed E-state index contributed by atoms with van der Waals surface area (Å²) in [7, 11) is 2.84. The largest absolute Gasteiger partial charge is 0.467 e. The molecule has 0 fully saturated rings. The molecule has 7 heteroatoms. The van der Waals surface area contributed by atoms with E-state index in [1.54, 1.807) is 27.8 Å². The molecule has 0 spiro atoms. The van der Waals surface area contributed by atoms with Gasteiger partial charge in [0.1, 0.15) is 11.6 Å². The van der Waals surface area contributed by atoms with Gasteiger partial charge in [0.25, 0.3) is 0 Å². The van der Waals surface area contributed by atoms with Crippen molar-refractivity contribution in [1.29, 1.82) is 0 Å². The average Bonchev–Trinajstić information content (AvgIpc) is 2.35. The number of ether oxygens (including phenoxy) is 2. The molecule has 0 aliphatic carbocycles. The van der Waals surface area contributed by atoms with Crippen LogP contribution in [0.15, 0.2) is 0 Å². The number of carbonyl (C=O) groups is 3. The number of likely N-dealkylation sites (N-methyl/N-ethyl adjacent to an activating group) is 1. The Morgan fingerprint density at radius 1 is 1.18 bits per heavy atom. The number of nitrogens with one attached hydrogen (secondary N) is 1. The first-order valence-corrected chi connectivity index (χ1v) is 7.30. The van der Waals surface area contributed by atoms with E-state index < -0.39 is 23.7 Å². The van der Waals surface area contributed by atoms with Crippen molar-refractivity contribution in [2.24, 2.45) is 5.92 Å². The van der Waals surface area contributed by atoms with Crippen LogP contribution in [0.5, 0.6) is 0 Å². The van der Waals surface area contributed by atoms with Crippen LogP contribution in [0, 0.1) is 5.92 Å². The molecule has 0 rings (SSSR count). The number of esters is 1. The minimum absolute atomic E-state index is 0.0692. The van der Waals surface area contributed by atoms with Gasteiger partial charge < -0.3 is 19.7 Å². The van der Waals surface area contributed by atoms with E-state index in [0.717, 1.165) is 0 Å². The van der Waals surface area contributed by atoms with Gasteiger partial charge in [-0.1, -0.05) is 13.8 Å². The van der Waals surface area contributed by atoms with E-state index in [4.69, 9.17) is 9.47 Å². The Kier molecular flexibility index (Phi) is 7.90. The van der Waals surface area contributed by atoms with Crippen LogP contribution in [-0.4, -0.2) is 55.2 Å². The SMILES string of the molecule is COC(=O)[C@H](C(C)C)N(C)C(=O)CCNC(=O)OC(C)(C)C. The summed E-state index contributed by atoms with van der Waals surface area (Å²) in [4.78, 5) is 36.7. The molecule has 0 saturated carbocycles. The summed E-state index contributed by atoms with van der Waals surface area (Å²) < 4.78 is 9.79.